The summed E-state index contributed by atoms with van der Waals surface area (Å²) in [5, 5.41) is 0.949. The second-order valence-corrected chi connectivity index (χ2v) is 9.02. The first-order chi connectivity index (χ1) is 13.0. The van der Waals surface area contributed by atoms with Crippen LogP contribution in [0.1, 0.15) is 42.4 Å². The second kappa shape index (κ2) is 7.43. The molecule has 27 heavy (non-hydrogen) atoms. The zero-order chi connectivity index (χ0) is 19.0. The van der Waals surface area contributed by atoms with Crippen LogP contribution in [0.25, 0.3) is 21.5 Å². The Morgan fingerprint density at radius 1 is 1.15 bits per heavy atom. The van der Waals surface area contributed by atoms with Crippen LogP contribution in [-0.4, -0.2) is 28.9 Å². The van der Waals surface area contributed by atoms with Gasteiger partial charge in [0.15, 0.2) is 0 Å². The largest absolute Gasteiger partial charge is 0.338 e. The van der Waals surface area contributed by atoms with Gasteiger partial charge in [0, 0.05) is 23.4 Å². The number of hydrogen-bond donors (Lipinski definition) is 0. The third-order valence-electron chi connectivity index (χ3n) is 5.37. The number of rotatable bonds is 3. The van der Waals surface area contributed by atoms with Crippen molar-refractivity contribution in [2.75, 3.05) is 13.1 Å². The molecule has 2 atom stereocenters. The maximum Gasteiger partial charge on any atom is 0.254 e. The highest BCUT2D eigenvalue weighted by Crippen LogP contribution is 2.32. The van der Waals surface area contributed by atoms with E-state index in [9.17, 15) is 4.79 Å². The number of thiophene rings is 1. The summed E-state index contributed by atoms with van der Waals surface area (Å²) >= 11 is 1.76. The molecule has 1 fully saturated rings. The Balaban J connectivity index is 1.79. The van der Waals surface area contributed by atoms with Crippen LogP contribution in [-0.2, 0) is 6.42 Å². The highest BCUT2D eigenvalue weighted by Gasteiger charge is 2.27. The molecule has 1 aliphatic heterocycles. The first-order valence-electron chi connectivity index (χ1n) is 9.83. The van der Waals surface area contributed by atoms with Crippen LogP contribution in [0.4, 0.5) is 0 Å². The Morgan fingerprint density at radius 2 is 1.89 bits per heavy atom. The molecule has 0 saturated carbocycles. The third-order valence-corrected chi connectivity index (χ3v) is 6.62. The lowest BCUT2D eigenvalue weighted by Gasteiger charge is -2.35. The number of hydrogen-bond acceptors (Lipinski definition) is 3. The average molecular weight is 379 g/mol. The highest BCUT2D eigenvalue weighted by molar-refractivity contribution is 7.15. The minimum absolute atomic E-state index is 0.139. The number of carbonyl (C=O) groups excluding carboxylic acids is 1. The number of piperidine rings is 1. The van der Waals surface area contributed by atoms with Gasteiger partial charge in [-0.05, 0) is 48.9 Å². The monoisotopic (exact) mass is 378 g/mol. The van der Waals surface area contributed by atoms with E-state index >= 15 is 0 Å². The van der Waals surface area contributed by atoms with Crippen molar-refractivity contribution in [1.29, 1.82) is 0 Å². The summed E-state index contributed by atoms with van der Waals surface area (Å²) in [5.41, 5.74) is 2.58. The molecular formula is C23H26N2OS. The Labute approximate surface area is 165 Å². The van der Waals surface area contributed by atoms with Gasteiger partial charge in [0.2, 0.25) is 0 Å². The average Bonchev–Trinajstić information content (AvgIpc) is 3.15. The number of benzene rings is 1. The summed E-state index contributed by atoms with van der Waals surface area (Å²) in [6.45, 7) is 8.33. The molecule has 1 saturated heterocycles. The zero-order valence-corrected chi connectivity index (χ0v) is 17.1. The summed E-state index contributed by atoms with van der Waals surface area (Å²) in [7, 11) is 0. The van der Waals surface area contributed by atoms with E-state index in [1.165, 1.54) is 11.3 Å². The van der Waals surface area contributed by atoms with E-state index in [1.54, 1.807) is 11.3 Å². The predicted octanol–water partition coefficient (Wildman–Crippen LogP) is 5.64. The van der Waals surface area contributed by atoms with Crippen molar-refractivity contribution < 1.29 is 4.79 Å². The Hall–Kier alpha value is -2.20. The number of fused-ring (bicyclic) bond motifs is 1. The number of pyridine rings is 1. The van der Waals surface area contributed by atoms with Crippen LogP contribution in [0.5, 0.6) is 0 Å². The summed E-state index contributed by atoms with van der Waals surface area (Å²) in [4.78, 5) is 22.8. The van der Waals surface area contributed by atoms with Crippen LogP contribution in [0, 0.1) is 11.8 Å². The van der Waals surface area contributed by atoms with Gasteiger partial charge < -0.3 is 4.90 Å². The molecule has 0 aliphatic carbocycles. The van der Waals surface area contributed by atoms with Gasteiger partial charge in [-0.3, -0.25) is 4.79 Å². The number of likely N-dealkylation sites (tertiary alicyclic amines) is 1. The van der Waals surface area contributed by atoms with Crippen molar-refractivity contribution in [1.82, 2.24) is 9.88 Å². The number of aromatic nitrogens is 1. The fourth-order valence-electron chi connectivity index (χ4n) is 4.18. The first-order valence-corrected chi connectivity index (χ1v) is 10.6. The van der Waals surface area contributed by atoms with Crippen LogP contribution in [0.2, 0.25) is 0 Å². The fourth-order valence-corrected chi connectivity index (χ4v) is 5.09. The number of amides is 1. The van der Waals surface area contributed by atoms with Gasteiger partial charge in [-0.2, -0.15) is 0 Å². The molecule has 3 aromatic rings. The van der Waals surface area contributed by atoms with E-state index in [0.717, 1.165) is 46.5 Å². The van der Waals surface area contributed by atoms with Crippen LogP contribution in [0.15, 0.2) is 42.5 Å². The predicted molar refractivity (Wildman–Crippen MR) is 113 cm³/mol. The molecule has 4 heteroatoms. The van der Waals surface area contributed by atoms with Crippen molar-refractivity contribution in [3.63, 3.8) is 0 Å². The van der Waals surface area contributed by atoms with E-state index in [0.29, 0.717) is 11.8 Å². The number of nitrogens with zero attached hydrogens (tertiary/aromatic N) is 2. The molecule has 3 nitrogen and oxygen atoms in total. The quantitative estimate of drug-likeness (QED) is 0.590. The summed E-state index contributed by atoms with van der Waals surface area (Å²) in [6.07, 6.45) is 2.22. The topological polar surface area (TPSA) is 33.2 Å². The van der Waals surface area contributed by atoms with E-state index in [2.05, 4.69) is 32.9 Å². The van der Waals surface area contributed by atoms with Crippen LogP contribution in [0.3, 0.4) is 0 Å². The maximum atomic E-state index is 13.5. The van der Waals surface area contributed by atoms with Gasteiger partial charge in [0.25, 0.3) is 5.91 Å². The molecule has 2 aromatic heterocycles. The van der Waals surface area contributed by atoms with E-state index in [4.69, 9.17) is 4.98 Å². The Morgan fingerprint density at radius 3 is 2.59 bits per heavy atom. The van der Waals surface area contributed by atoms with Crippen LogP contribution < -0.4 is 0 Å². The lowest BCUT2D eigenvalue weighted by atomic mass is 9.91. The molecule has 0 bridgehead atoms. The molecule has 1 amide bonds. The number of carbonyl (C=O) groups is 1. The van der Waals surface area contributed by atoms with Crippen molar-refractivity contribution in [3.05, 3.63) is 52.9 Å². The molecule has 0 N–H and O–H groups in total. The molecule has 140 valence electrons. The van der Waals surface area contributed by atoms with E-state index in [1.807, 2.05) is 35.2 Å². The fraction of sp³-hybridized carbons (Fsp3) is 0.391. The number of aryl methyl sites for hydroxylation is 1. The summed E-state index contributed by atoms with van der Waals surface area (Å²) < 4.78 is 0. The maximum absolute atomic E-state index is 13.5. The molecule has 0 spiro atoms. The van der Waals surface area contributed by atoms with Gasteiger partial charge in [-0.15, -0.1) is 11.3 Å². The molecule has 1 aliphatic rings. The molecule has 4 rings (SSSR count). The lowest BCUT2D eigenvalue weighted by Crippen LogP contribution is -2.42. The second-order valence-electron chi connectivity index (χ2n) is 7.85. The van der Waals surface area contributed by atoms with E-state index < -0.39 is 0 Å². The van der Waals surface area contributed by atoms with Gasteiger partial charge in [0.1, 0.15) is 0 Å². The SMILES string of the molecule is CCc1ccc(-c2cc(C(=O)N3C[C@H](C)C[C@@H](C)C3)c3ccccc3n2)s1. The smallest absolute Gasteiger partial charge is 0.254 e. The molecule has 1 aromatic carbocycles. The standard InChI is InChI=1S/C23H26N2OS/c1-4-17-9-10-22(27-17)21-12-19(18-7-5-6-8-20(18)24-21)23(26)25-13-15(2)11-16(3)14-25/h5-10,12,15-16H,4,11,13-14H2,1-3H3/t15-,16-/m1/s1. The molecule has 3 heterocycles. The van der Waals surface area contributed by atoms with Gasteiger partial charge in [-0.25, -0.2) is 4.98 Å². The minimum Gasteiger partial charge on any atom is -0.338 e. The van der Waals surface area contributed by atoms with Gasteiger partial charge >= 0.3 is 0 Å². The van der Waals surface area contributed by atoms with Crippen molar-refractivity contribution in [2.45, 2.75) is 33.6 Å². The summed E-state index contributed by atoms with van der Waals surface area (Å²) in [5.74, 6) is 1.24. The van der Waals surface area contributed by atoms with Crippen LogP contribution >= 0.6 is 11.3 Å². The Kier molecular flexibility index (Phi) is 5.00. The minimum atomic E-state index is 0.139. The Bertz CT molecular complexity index is 967. The van der Waals surface area contributed by atoms with Gasteiger partial charge in [-0.1, -0.05) is 39.0 Å². The van der Waals surface area contributed by atoms with E-state index in [-0.39, 0.29) is 5.91 Å². The lowest BCUT2D eigenvalue weighted by molar-refractivity contribution is 0.0625. The highest BCUT2D eigenvalue weighted by atomic mass is 32.1. The molecular weight excluding hydrogens is 352 g/mol. The normalized spacial score (nSPS) is 20.2. The molecule has 0 radical (unpaired) electrons. The summed E-state index contributed by atoms with van der Waals surface area (Å²) in [6, 6.07) is 14.3. The van der Waals surface area contributed by atoms with Crippen molar-refractivity contribution in [3.8, 4) is 10.6 Å². The third kappa shape index (κ3) is 3.63. The van der Waals surface area contributed by atoms with Crippen molar-refractivity contribution in [2.24, 2.45) is 11.8 Å². The van der Waals surface area contributed by atoms with Gasteiger partial charge in [0.05, 0.1) is 21.7 Å². The number of para-hydroxylation sites is 1. The van der Waals surface area contributed by atoms with Crippen molar-refractivity contribution >= 4 is 28.1 Å². The first kappa shape index (κ1) is 18.2. The molecule has 0 unspecified atom stereocenters. The zero-order valence-electron chi connectivity index (χ0n) is 16.2.